The Labute approximate surface area is 182 Å². The van der Waals surface area contributed by atoms with E-state index in [1.54, 1.807) is 24.8 Å². The van der Waals surface area contributed by atoms with Gasteiger partial charge in [0.05, 0.1) is 24.6 Å². The van der Waals surface area contributed by atoms with Gasteiger partial charge >= 0.3 is 0 Å². The van der Waals surface area contributed by atoms with Crippen molar-refractivity contribution in [1.29, 1.82) is 0 Å². The Morgan fingerprint density at radius 1 is 1.13 bits per heavy atom. The summed E-state index contributed by atoms with van der Waals surface area (Å²) in [6.07, 6.45) is 1.62. The van der Waals surface area contributed by atoms with Crippen molar-refractivity contribution in [2.45, 2.75) is 11.2 Å². The average molecular weight is 437 g/mol. The van der Waals surface area contributed by atoms with E-state index >= 15 is 0 Å². The van der Waals surface area contributed by atoms with E-state index in [1.807, 2.05) is 76.7 Å². The highest BCUT2D eigenvalue weighted by Gasteiger charge is 2.19. The monoisotopic (exact) mass is 436 g/mol. The normalized spacial score (nSPS) is 11.8. The molecule has 0 saturated heterocycles. The Balaban J connectivity index is 1.47. The van der Waals surface area contributed by atoms with Crippen LogP contribution in [0, 0.1) is 0 Å². The fourth-order valence-corrected chi connectivity index (χ4v) is 4.60. The Bertz CT molecular complexity index is 1100. The quantitative estimate of drug-likeness (QED) is 0.416. The summed E-state index contributed by atoms with van der Waals surface area (Å²) >= 11 is 2.96. The van der Waals surface area contributed by atoms with Crippen LogP contribution in [-0.4, -0.2) is 33.5 Å². The molecule has 2 aromatic heterocycles. The van der Waals surface area contributed by atoms with Crippen molar-refractivity contribution < 1.29 is 9.53 Å². The molecule has 0 aliphatic carbocycles. The van der Waals surface area contributed by atoms with E-state index in [0.29, 0.717) is 10.9 Å². The maximum atomic E-state index is 12.8. The van der Waals surface area contributed by atoms with Crippen LogP contribution in [0.5, 0.6) is 5.75 Å². The Morgan fingerprint density at radius 2 is 1.93 bits per heavy atom. The zero-order valence-corrected chi connectivity index (χ0v) is 17.9. The molecule has 0 bridgehead atoms. The van der Waals surface area contributed by atoms with Gasteiger partial charge in [0.15, 0.2) is 5.16 Å². The van der Waals surface area contributed by atoms with Crippen molar-refractivity contribution in [2.75, 3.05) is 12.9 Å². The van der Waals surface area contributed by atoms with E-state index in [9.17, 15) is 4.79 Å². The van der Waals surface area contributed by atoms with Crippen LogP contribution in [0.1, 0.15) is 16.5 Å². The molecule has 30 heavy (non-hydrogen) atoms. The minimum atomic E-state index is -0.175. The summed E-state index contributed by atoms with van der Waals surface area (Å²) < 4.78 is 7.25. The first-order valence-electron chi connectivity index (χ1n) is 9.30. The predicted octanol–water partition coefficient (Wildman–Crippen LogP) is 4.34. The number of hydrogen-bond donors (Lipinski definition) is 1. The zero-order valence-electron chi connectivity index (χ0n) is 16.3. The topological polar surface area (TPSA) is 69.0 Å². The maximum absolute atomic E-state index is 12.8. The van der Waals surface area contributed by atoms with Gasteiger partial charge in [0, 0.05) is 4.88 Å². The maximum Gasteiger partial charge on any atom is 0.231 e. The van der Waals surface area contributed by atoms with E-state index in [2.05, 4.69) is 15.5 Å². The van der Waals surface area contributed by atoms with Gasteiger partial charge in [-0.3, -0.25) is 9.36 Å². The highest BCUT2D eigenvalue weighted by molar-refractivity contribution is 7.99. The second-order valence-electron chi connectivity index (χ2n) is 6.37. The molecular weight excluding hydrogens is 416 g/mol. The van der Waals surface area contributed by atoms with Gasteiger partial charge in [0.25, 0.3) is 0 Å². The van der Waals surface area contributed by atoms with E-state index in [0.717, 1.165) is 16.1 Å². The van der Waals surface area contributed by atoms with Crippen LogP contribution in [0.2, 0.25) is 0 Å². The first-order chi connectivity index (χ1) is 14.8. The molecule has 4 aromatic rings. The standard InChI is InChI=1S/C22H20N4O2S2/c1-28-18-11-6-5-10-17(18)26-15-23-25-22(26)30-14-20(27)24-21(19-12-7-13-29-19)16-8-3-2-4-9-16/h2-13,15,21H,14H2,1H3,(H,24,27)/t21-/m1/s1. The lowest BCUT2D eigenvalue weighted by atomic mass is 10.1. The van der Waals surface area contributed by atoms with Crippen LogP contribution in [0.15, 0.2) is 83.6 Å². The van der Waals surface area contributed by atoms with Crippen LogP contribution >= 0.6 is 23.1 Å². The SMILES string of the molecule is COc1ccccc1-n1cnnc1SCC(=O)N[C@H](c1ccccc1)c1cccs1. The van der Waals surface area contributed by atoms with E-state index < -0.39 is 0 Å². The molecule has 6 nitrogen and oxygen atoms in total. The molecule has 0 fully saturated rings. The van der Waals surface area contributed by atoms with Gasteiger partial charge in [-0.2, -0.15) is 0 Å². The number of para-hydroxylation sites is 2. The molecule has 2 aromatic carbocycles. The number of carbonyl (C=O) groups excluding carboxylic acids is 1. The van der Waals surface area contributed by atoms with Gasteiger partial charge in [0.1, 0.15) is 12.1 Å². The largest absolute Gasteiger partial charge is 0.495 e. The highest BCUT2D eigenvalue weighted by Crippen LogP contribution is 2.28. The minimum absolute atomic E-state index is 0.0724. The van der Waals surface area contributed by atoms with Gasteiger partial charge in [-0.05, 0) is 29.1 Å². The minimum Gasteiger partial charge on any atom is -0.495 e. The molecule has 0 spiro atoms. The summed E-state index contributed by atoms with van der Waals surface area (Å²) in [4.78, 5) is 13.9. The lowest BCUT2D eigenvalue weighted by molar-refractivity contribution is -0.119. The molecule has 0 radical (unpaired) electrons. The summed E-state index contributed by atoms with van der Waals surface area (Å²) in [7, 11) is 1.62. The summed E-state index contributed by atoms with van der Waals surface area (Å²) in [5.41, 5.74) is 1.88. The number of nitrogens with zero attached hydrogens (tertiary/aromatic N) is 3. The lowest BCUT2D eigenvalue weighted by Crippen LogP contribution is -2.30. The zero-order chi connectivity index (χ0) is 20.8. The van der Waals surface area contributed by atoms with Crippen LogP contribution in [0.4, 0.5) is 0 Å². The van der Waals surface area contributed by atoms with E-state index in [4.69, 9.17) is 4.74 Å². The second kappa shape index (κ2) is 9.60. The van der Waals surface area contributed by atoms with E-state index in [-0.39, 0.29) is 17.7 Å². The molecule has 0 unspecified atom stereocenters. The van der Waals surface area contributed by atoms with Crippen LogP contribution in [-0.2, 0) is 4.79 Å². The lowest BCUT2D eigenvalue weighted by Gasteiger charge is -2.18. The molecule has 1 amide bonds. The summed E-state index contributed by atoms with van der Waals surface area (Å²) in [6, 6.07) is 21.5. The number of thioether (sulfide) groups is 1. The van der Waals surface area contributed by atoms with Gasteiger partial charge in [-0.15, -0.1) is 21.5 Å². The predicted molar refractivity (Wildman–Crippen MR) is 119 cm³/mol. The molecule has 2 heterocycles. The number of nitrogens with one attached hydrogen (secondary N) is 1. The third-order valence-corrected chi connectivity index (χ3v) is 6.34. The number of hydrogen-bond acceptors (Lipinski definition) is 6. The second-order valence-corrected chi connectivity index (χ2v) is 8.29. The third kappa shape index (κ3) is 4.55. The van der Waals surface area contributed by atoms with Crippen molar-refractivity contribution in [3.8, 4) is 11.4 Å². The Hall–Kier alpha value is -3.10. The summed E-state index contributed by atoms with van der Waals surface area (Å²) in [5, 5.41) is 14.0. The van der Waals surface area contributed by atoms with Gasteiger partial charge in [0.2, 0.25) is 5.91 Å². The Kier molecular flexibility index (Phi) is 6.46. The third-order valence-electron chi connectivity index (χ3n) is 4.46. The fraction of sp³-hybridized carbons (Fsp3) is 0.136. The molecular formula is C22H20N4O2S2. The van der Waals surface area contributed by atoms with Crippen molar-refractivity contribution >= 4 is 29.0 Å². The fourth-order valence-electron chi connectivity index (χ4n) is 3.07. The molecule has 4 rings (SSSR count). The first kappa shape index (κ1) is 20.2. The van der Waals surface area contributed by atoms with Crippen LogP contribution in [0.25, 0.3) is 5.69 Å². The van der Waals surface area contributed by atoms with Crippen molar-refractivity contribution in [3.63, 3.8) is 0 Å². The highest BCUT2D eigenvalue weighted by atomic mass is 32.2. The molecule has 1 N–H and O–H groups in total. The molecule has 0 aliphatic rings. The van der Waals surface area contributed by atoms with Gasteiger partial charge < -0.3 is 10.1 Å². The summed E-state index contributed by atoms with van der Waals surface area (Å²) in [6.45, 7) is 0. The Morgan fingerprint density at radius 3 is 2.70 bits per heavy atom. The first-order valence-corrected chi connectivity index (χ1v) is 11.2. The van der Waals surface area contributed by atoms with Gasteiger partial charge in [-0.25, -0.2) is 0 Å². The van der Waals surface area contributed by atoms with Gasteiger partial charge in [-0.1, -0.05) is 60.3 Å². The average Bonchev–Trinajstić information content (AvgIpc) is 3.49. The number of methoxy groups -OCH3 is 1. The molecule has 1 atom stereocenters. The number of amides is 1. The number of carbonyl (C=O) groups is 1. The smallest absolute Gasteiger partial charge is 0.231 e. The van der Waals surface area contributed by atoms with Crippen molar-refractivity contribution in [2.24, 2.45) is 0 Å². The summed E-state index contributed by atoms with van der Waals surface area (Å²) in [5.74, 6) is 0.866. The number of ether oxygens (including phenoxy) is 1. The van der Waals surface area contributed by atoms with Crippen LogP contribution in [0.3, 0.4) is 0 Å². The van der Waals surface area contributed by atoms with Crippen molar-refractivity contribution in [3.05, 3.63) is 88.9 Å². The van der Waals surface area contributed by atoms with Crippen molar-refractivity contribution in [1.82, 2.24) is 20.1 Å². The van der Waals surface area contributed by atoms with Crippen LogP contribution < -0.4 is 10.1 Å². The number of rotatable bonds is 8. The molecule has 152 valence electrons. The number of aromatic nitrogens is 3. The van der Waals surface area contributed by atoms with E-state index in [1.165, 1.54) is 11.8 Å². The number of thiophene rings is 1. The molecule has 0 aliphatic heterocycles. The number of benzene rings is 2. The molecule has 0 saturated carbocycles. The molecule has 8 heteroatoms.